The molecule has 0 saturated carbocycles. The normalized spacial score (nSPS) is 12.6. The first-order valence-electron chi connectivity index (χ1n) is 22.6. The summed E-state index contributed by atoms with van der Waals surface area (Å²) in [5.74, 6) is 0. The van der Waals surface area contributed by atoms with E-state index in [2.05, 4.69) is 266 Å². The van der Waals surface area contributed by atoms with Gasteiger partial charge in [-0.3, -0.25) is 0 Å². The zero-order valence-electron chi connectivity index (χ0n) is 36.5. The second-order valence-corrected chi connectivity index (χ2v) is 17.7. The number of fused-ring (bicyclic) bond motifs is 6. The van der Waals surface area contributed by atoms with Crippen LogP contribution in [0.15, 0.2) is 243 Å². The van der Waals surface area contributed by atoms with E-state index in [0.29, 0.717) is 0 Å². The standard InChI is InChI=1S/C63H46N2/c1-63(2)57-25-10-6-23-56(57)62-55(24-15-26-58(62)63)54-22-9-11-27-59(54)64(49-38-34-46(35-39-49)45-32-30-44(31-33-45)43-16-4-3-5-17-43)50-40-36-47(37-41-50)48-18-14-19-51(42-48)65-60-28-12-7-20-52(60)53-21-8-13-29-61(53)65/h3-42H,1-2H3. The van der Waals surface area contributed by atoms with Gasteiger partial charge in [-0.25, -0.2) is 0 Å². The van der Waals surface area contributed by atoms with E-state index in [4.69, 9.17) is 0 Å². The smallest absolute Gasteiger partial charge is 0.0541 e. The van der Waals surface area contributed by atoms with Crippen LogP contribution in [-0.4, -0.2) is 4.57 Å². The van der Waals surface area contributed by atoms with Crippen LogP contribution >= 0.6 is 0 Å². The van der Waals surface area contributed by atoms with E-state index < -0.39 is 0 Å². The predicted octanol–water partition coefficient (Wildman–Crippen LogP) is 17.2. The second-order valence-electron chi connectivity index (χ2n) is 17.7. The van der Waals surface area contributed by atoms with Gasteiger partial charge in [-0.2, -0.15) is 0 Å². The number of rotatable bonds is 8. The summed E-state index contributed by atoms with van der Waals surface area (Å²) in [6, 6.07) is 88.7. The third-order valence-corrected chi connectivity index (χ3v) is 13.6. The lowest BCUT2D eigenvalue weighted by molar-refractivity contribution is 0.660. The maximum Gasteiger partial charge on any atom is 0.0541 e. The van der Waals surface area contributed by atoms with Crippen LogP contribution in [0.25, 0.3) is 83.1 Å². The Balaban J connectivity index is 0.966. The second kappa shape index (κ2) is 15.6. The topological polar surface area (TPSA) is 8.17 Å². The number of nitrogens with zero attached hydrogens (tertiary/aromatic N) is 2. The molecule has 0 spiro atoms. The van der Waals surface area contributed by atoms with Crippen molar-refractivity contribution in [3.05, 3.63) is 254 Å². The minimum atomic E-state index is -0.0968. The Morgan fingerprint density at radius 1 is 0.338 bits per heavy atom. The number of hydrogen-bond donors (Lipinski definition) is 0. The van der Waals surface area contributed by atoms with E-state index in [1.54, 1.807) is 0 Å². The van der Waals surface area contributed by atoms with Crippen molar-refractivity contribution in [3.63, 3.8) is 0 Å². The van der Waals surface area contributed by atoms with Gasteiger partial charge in [0, 0.05) is 38.8 Å². The van der Waals surface area contributed by atoms with Crippen molar-refractivity contribution in [1.82, 2.24) is 4.57 Å². The van der Waals surface area contributed by atoms with E-state index in [1.807, 2.05) is 0 Å². The van der Waals surface area contributed by atoms with Crippen LogP contribution in [-0.2, 0) is 5.41 Å². The van der Waals surface area contributed by atoms with E-state index in [-0.39, 0.29) is 5.41 Å². The van der Waals surface area contributed by atoms with Crippen molar-refractivity contribution >= 4 is 38.9 Å². The van der Waals surface area contributed by atoms with E-state index in [0.717, 1.165) is 22.7 Å². The predicted molar refractivity (Wildman–Crippen MR) is 275 cm³/mol. The van der Waals surface area contributed by atoms with Crippen LogP contribution in [0.2, 0.25) is 0 Å². The molecular formula is C63H46N2. The molecule has 65 heavy (non-hydrogen) atoms. The monoisotopic (exact) mass is 830 g/mol. The fraction of sp³-hybridized carbons (Fsp3) is 0.0476. The number of hydrogen-bond acceptors (Lipinski definition) is 1. The van der Waals surface area contributed by atoms with Gasteiger partial charge in [0.25, 0.3) is 0 Å². The Kier molecular flexibility index (Phi) is 9.21. The summed E-state index contributed by atoms with van der Waals surface area (Å²) in [4.78, 5) is 2.43. The first kappa shape index (κ1) is 38.5. The minimum Gasteiger partial charge on any atom is -0.310 e. The van der Waals surface area contributed by atoms with Gasteiger partial charge < -0.3 is 9.47 Å². The van der Waals surface area contributed by atoms with E-state index in [1.165, 1.54) is 88.6 Å². The SMILES string of the molecule is CC1(C)c2ccccc2-c2c(-c3ccccc3N(c3ccc(-c4ccc(-c5ccccc5)cc4)cc3)c3ccc(-c4cccc(-n5c6ccccc6c6ccccc65)c4)cc3)cccc21. The zero-order chi connectivity index (χ0) is 43.5. The van der Waals surface area contributed by atoms with Crippen LogP contribution in [0.5, 0.6) is 0 Å². The fourth-order valence-corrected chi connectivity index (χ4v) is 10.4. The average Bonchev–Trinajstić information content (AvgIpc) is 3.83. The fourth-order valence-electron chi connectivity index (χ4n) is 10.4. The first-order valence-corrected chi connectivity index (χ1v) is 22.6. The summed E-state index contributed by atoms with van der Waals surface area (Å²) in [6.07, 6.45) is 0. The third-order valence-electron chi connectivity index (χ3n) is 13.6. The molecule has 1 heterocycles. The maximum atomic E-state index is 2.43. The van der Waals surface area contributed by atoms with Crippen molar-refractivity contribution in [1.29, 1.82) is 0 Å². The minimum absolute atomic E-state index is 0.0968. The van der Waals surface area contributed by atoms with Gasteiger partial charge in [0.05, 0.1) is 16.7 Å². The molecule has 2 nitrogen and oxygen atoms in total. The van der Waals surface area contributed by atoms with Crippen molar-refractivity contribution < 1.29 is 0 Å². The molecule has 11 aromatic rings. The quantitative estimate of drug-likeness (QED) is 0.148. The number of anilines is 3. The Morgan fingerprint density at radius 3 is 1.43 bits per heavy atom. The highest BCUT2D eigenvalue weighted by molar-refractivity contribution is 6.09. The van der Waals surface area contributed by atoms with Crippen molar-refractivity contribution in [2.24, 2.45) is 0 Å². The molecule has 12 rings (SSSR count). The Hall–Kier alpha value is -8.20. The number of para-hydroxylation sites is 3. The Labute approximate surface area is 381 Å². The highest BCUT2D eigenvalue weighted by Gasteiger charge is 2.37. The van der Waals surface area contributed by atoms with Gasteiger partial charge in [-0.15, -0.1) is 0 Å². The molecule has 1 aromatic heterocycles. The molecule has 0 atom stereocenters. The lowest BCUT2D eigenvalue weighted by Gasteiger charge is -2.29. The first-order chi connectivity index (χ1) is 32.0. The summed E-state index contributed by atoms with van der Waals surface area (Å²) < 4.78 is 2.39. The summed E-state index contributed by atoms with van der Waals surface area (Å²) in [5, 5.41) is 2.53. The third kappa shape index (κ3) is 6.49. The van der Waals surface area contributed by atoms with Crippen LogP contribution in [0.3, 0.4) is 0 Å². The van der Waals surface area contributed by atoms with Gasteiger partial charge in [-0.1, -0.05) is 202 Å². The Morgan fingerprint density at radius 2 is 0.785 bits per heavy atom. The number of benzene rings is 10. The molecule has 0 saturated heterocycles. The molecule has 0 radical (unpaired) electrons. The molecular weight excluding hydrogens is 785 g/mol. The average molecular weight is 831 g/mol. The van der Waals surface area contributed by atoms with Crippen molar-refractivity contribution in [3.8, 4) is 61.3 Å². The maximum absolute atomic E-state index is 2.43. The summed E-state index contributed by atoms with van der Waals surface area (Å²) >= 11 is 0. The van der Waals surface area contributed by atoms with Crippen LogP contribution in [0, 0.1) is 0 Å². The number of aromatic nitrogens is 1. The molecule has 0 aliphatic heterocycles. The summed E-state index contributed by atoms with van der Waals surface area (Å²) in [5.41, 5.74) is 21.8. The largest absolute Gasteiger partial charge is 0.310 e. The van der Waals surface area contributed by atoms with Gasteiger partial charge >= 0.3 is 0 Å². The molecule has 2 heteroatoms. The van der Waals surface area contributed by atoms with Crippen molar-refractivity contribution in [2.45, 2.75) is 19.3 Å². The molecule has 1 aliphatic carbocycles. The summed E-state index contributed by atoms with van der Waals surface area (Å²) in [6.45, 7) is 4.72. The van der Waals surface area contributed by atoms with Crippen LogP contribution < -0.4 is 4.90 Å². The van der Waals surface area contributed by atoms with Gasteiger partial charge in [0.1, 0.15) is 0 Å². The van der Waals surface area contributed by atoms with E-state index in [9.17, 15) is 0 Å². The van der Waals surface area contributed by atoms with Crippen LogP contribution in [0.1, 0.15) is 25.0 Å². The molecule has 308 valence electrons. The molecule has 0 unspecified atom stereocenters. The molecule has 0 fully saturated rings. The lowest BCUT2D eigenvalue weighted by atomic mass is 9.82. The molecule has 0 N–H and O–H groups in total. The van der Waals surface area contributed by atoms with Gasteiger partial charge in [-0.05, 0) is 116 Å². The highest BCUT2D eigenvalue weighted by atomic mass is 15.1. The van der Waals surface area contributed by atoms with Crippen LogP contribution in [0.4, 0.5) is 17.1 Å². The highest BCUT2D eigenvalue weighted by Crippen LogP contribution is 2.54. The van der Waals surface area contributed by atoms with Gasteiger partial charge in [0.2, 0.25) is 0 Å². The molecule has 0 bridgehead atoms. The van der Waals surface area contributed by atoms with Crippen molar-refractivity contribution in [2.75, 3.05) is 4.90 Å². The lowest BCUT2D eigenvalue weighted by Crippen LogP contribution is -2.14. The summed E-state index contributed by atoms with van der Waals surface area (Å²) in [7, 11) is 0. The molecule has 0 amide bonds. The Bertz CT molecular complexity index is 3490. The zero-order valence-corrected chi connectivity index (χ0v) is 36.5. The molecule has 1 aliphatic rings. The van der Waals surface area contributed by atoms with Gasteiger partial charge in [0.15, 0.2) is 0 Å². The van der Waals surface area contributed by atoms with E-state index >= 15 is 0 Å². The molecule has 10 aromatic carbocycles.